The van der Waals surface area contributed by atoms with E-state index in [4.69, 9.17) is 4.42 Å². The summed E-state index contributed by atoms with van der Waals surface area (Å²) in [5.74, 6) is 0. The Balaban J connectivity index is 0.892. The third-order valence-corrected chi connectivity index (χ3v) is 15.7. The van der Waals surface area contributed by atoms with Crippen molar-refractivity contribution < 1.29 is 4.42 Å². The first-order valence-corrected chi connectivity index (χ1v) is 25.2. The summed E-state index contributed by atoms with van der Waals surface area (Å²) in [5, 5.41) is 7.06. The average Bonchev–Trinajstić information content (AvgIpc) is 4.16. The Kier molecular flexibility index (Phi) is 8.97. The summed E-state index contributed by atoms with van der Waals surface area (Å²) in [5.41, 5.74) is 21.9. The topological polar surface area (TPSA) is 26.2 Å². The summed E-state index contributed by atoms with van der Waals surface area (Å²) in [4.78, 5) is 2.40. The molecule has 0 saturated carbocycles. The molecule has 4 heteroatoms. The number of fused-ring (bicyclic) bond motifs is 12. The van der Waals surface area contributed by atoms with Crippen LogP contribution in [0.3, 0.4) is 0 Å². The molecule has 0 spiro atoms. The molecular weight excluding hydrogens is 887 g/mol. The Morgan fingerprint density at radius 2 is 0.849 bits per heavy atom. The van der Waals surface area contributed by atoms with Gasteiger partial charge < -0.3 is 18.5 Å². The van der Waals surface area contributed by atoms with E-state index in [-0.39, 0.29) is 5.41 Å². The lowest BCUT2D eigenvalue weighted by Crippen LogP contribution is -2.15. The zero-order valence-electron chi connectivity index (χ0n) is 40.4. The van der Waals surface area contributed by atoms with Gasteiger partial charge in [-0.2, -0.15) is 0 Å². The number of para-hydroxylation sites is 4. The summed E-state index contributed by atoms with van der Waals surface area (Å²) < 4.78 is 11.5. The van der Waals surface area contributed by atoms with Gasteiger partial charge in [0, 0.05) is 55.1 Å². The van der Waals surface area contributed by atoms with Gasteiger partial charge in [0.15, 0.2) is 0 Å². The van der Waals surface area contributed by atoms with Crippen molar-refractivity contribution in [1.29, 1.82) is 0 Å². The highest BCUT2D eigenvalue weighted by Crippen LogP contribution is 2.52. The normalized spacial score (nSPS) is 12.9. The van der Waals surface area contributed by atoms with E-state index >= 15 is 0 Å². The number of nitrogens with zero attached hydrogens (tertiary/aromatic N) is 3. The second kappa shape index (κ2) is 15.8. The van der Waals surface area contributed by atoms with E-state index in [1.807, 2.05) is 0 Å². The van der Waals surface area contributed by atoms with Gasteiger partial charge in [-0.05, 0) is 160 Å². The van der Waals surface area contributed by atoms with Crippen molar-refractivity contribution in [2.24, 2.45) is 0 Å². The lowest BCUT2D eigenvalue weighted by Gasteiger charge is -2.27. The van der Waals surface area contributed by atoms with Crippen LogP contribution in [0, 0.1) is 0 Å². The van der Waals surface area contributed by atoms with Crippen molar-refractivity contribution in [3.63, 3.8) is 0 Å². The highest BCUT2D eigenvalue weighted by atomic mass is 16.3. The van der Waals surface area contributed by atoms with Crippen molar-refractivity contribution in [3.05, 3.63) is 260 Å². The molecule has 1 aliphatic carbocycles. The van der Waals surface area contributed by atoms with E-state index in [0.717, 1.165) is 61.5 Å². The molecule has 0 N–H and O–H groups in total. The van der Waals surface area contributed by atoms with Gasteiger partial charge in [-0.1, -0.05) is 147 Å². The number of benzene rings is 11. The monoisotopic (exact) mass is 933 g/mol. The van der Waals surface area contributed by atoms with Gasteiger partial charge in [-0.25, -0.2) is 0 Å². The van der Waals surface area contributed by atoms with Crippen LogP contribution in [0.2, 0.25) is 0 Å². The van der Waals surface area contributed by atoms with Gasteiger partial charge in [0.05, 0.1) is 33.1 Å². The molecule has 3 heterocycles. The fourth-order valence-corrected chi connectivity index (χ4v) is 12.3. The van der Waals surface area contributed by atoms with Crippen LogP contribution in [0.25, 0.3) is 110 Å². The van der Waals surface area contributed by atoms with Crippen molar-refractivity contribution in [3.8, 4) is 44.8 Å². The van der Waals surface area contributed by atoms with Crippen LogP contribution in [-0.4, -0.2) is 9.13 Å². The molecule has 0 amide bonds. The quantitative estimate of drug-likeness (QED) is 0.159. The average molecular weight is 934 g/mol. The largest absolute Gasteiger partial charge is 0.456 e. The van der Waals surface area contributed by atoms with Crippen molar-refractivity contribution in [2.75, 3.05) is 4.90 Å². The predicted octanol–water partition coefficient (Wildman–Crippen LogP) is 18.9. The molecule has 0 radical (unpaired) electrons. The fourth-order valence-electron chi connectivity index (χ4n) is 12.3. The molecule has 0 atom stereocenters. The Labute approximate surface area is 422 Å². The van der Waals surface area contributed by atoms with E-state index in [9.17, 15) is 0 Å². The molecule has 0 fully saturated rings. The molecule has 0 aliphatic heterocycles. The van der Waals surface area contributed by atoms with Gasteiger partial charge in [0.2, 0.25) is 0 Å². The first kappa shape index (κ1) is 41.4. The van der Waals surface area contributed by atoms with Crippen LogP contribution in [0.15, 0.2) is 253 Å². The van der Waals surface area contributed by atoms with Crippen molar-refractivity contribution in [1.82, 2.24) is 9.13 Å². The van der Waals surface area contributed by atoms with Gasteiger partial charge in [-0.15, -0.1) is 0 Å². The summed E-state index contributed by atoms with van der Waals surface area (Å²) in [6.45, 7) is 4.68. The molecule has 73 heavy (non-hydrogen) atoms. The molecule has 14 aromatic rings. The maximum Gasteiger partial charge on any atom is 0.137 e. The first-order valence-electron chi connectivity index (χ1n) is 25.2. The first-order chi connectivity index (χ1) is 36.0. The lowest BCUT2D eigenvalue weighted by atomic mass is 9.82. The molecule has 0 bridgehead atoms. The van der Waals surface area contributed by atoms with Gasteiger partial charge in [0.1, 0.15) is 11.2 Å². The SMILES string of the molecule is CC1(C)c2ccccc2-c2cc(N(c3ccccc3)c3cccc4oc5ccc(-c6ccc7c(c6)c6cc(-c8ccc9c(c8)c8ccccc8n9-c8ccccc8)ccc6n7-c6ccccc6)cc5c34)ccc21. The van der Waals surface area contributed by atoms with E-state index in [1.54, 1.807) is 0 Å². The van der Waals surface area contributed by atoms with Crippen LogP contribution in [0.5, 0.6) is 0 Å². The highest BCUT2D eigenvalue weighted by Gasteiger charge is 2.36. The van der Waals surface area contributed by atoms with Gasteiger partial charge >= 0.3 is 0 Å². The molecule has 4 nitrogen and oxygen atoms in total. The minimum atomic E-state index is -0.0810. The van der Waals surface area contributed by atoms with Gasteiger partial charge in [-0.3, -0.25) is 0 Å². The maximum atomic E-state index is 6.73. The molecule has 0 saturated heterocycles. The Morgan fingerprint density at radius 1 is 0.342 bits per heavy atom. The summed E-state index contributed by atoms with van der Waals surface area (Å²) in [6, 6.07) is 90.9. The Morgan fingerprint density at radius 3 is 1.49 bits per heavy atom. The maximum absolute atomic E-state index is 6.73. The molecular formula is C69H47N3O. The summed E-state index contributed by atoms with van der Waals surface area (Å²) in [6.07, 6.45) is 0. The number of aromatic nitrogens is 2. The molecule has 11 aromatic carbocycles. The van der Waals surface area contributed by atoms with Crippen molar-refractivity contribution in [2.45, 2.75) is 19.3 Å². The molecule has 1 aliphatic rings. The smallest absolute Gasteiger partial charge is 0.137 e. The predicted molar refractivity (Wildman–Crippen MR) is 306 cm³/mol. The van der Waals surface area contributed by atoms with E-state index < -0.39 is 0 Å². The third kappa shape index (κ3) is 6.27. The van der Waals surface area contributed by atoms with Crippen molar-refractivity contribution >= 4 is 82.6 Å². The van der Waals surface area contributed by atoms with E-state index in [1.165, 1.54) is 77.0 Å². The second-order valence-electron chi connectivity index (χ2n) is 20.1. The molecule has 15 rings (SSSR count). The standard InChI is InChI=1S/C69H47N3O/c1-69(2)59-25-14-12-23-52(59)54-43-51(33-34-60(54)69)70(48-17-6-3-7-18-48)65-27-16-28-67-68(65)58-42-47(32-38-66(58)73-67)46-31-37-64-57(41-46)56-40-45(30-36-63(56)72(64)50-21-10-5-11-22-50)44-29-35-62-55(39-44)53-24-13-15-26-61(53)71(62)49-19-8-4-9-20-49/h3-43H,1-2H3. The molecule has 344 valence electrons. The van der Waals surface area contributed by atoms with Crippen LogP contribution in [0.4, 0.5) is 17.1 Å². The summed E-state index contributed by atoms with van der Waals surface area (Å²) >= 11 is 0. The lowest BCUT2D eigenvalue weighted by molar-refractivity contribution is 0.660. The highest BCUT2D eigenvalue weighted by molar-refractivity contribution is 6.16. The van der Waals surface area contributed by atoms with E-state index in [0.29, 0.717) is 0 Å². The minimum Gasteiger partial charge on any atom is -0.456 e. The number of hydrogen-bond donors (Lipinski definition) is 0. The van der Waals surface area contributed by atoms with E-state index in [2.05, 4.69) is 277 Å². The van der Waals surface area contributed by atoms with Crippen LogP contribution in [0.1, 0.15) is 25.0 Å². The van der Waals surface area contributed by atoms with Crippen LogP contribution < -0.4 is 4.90 Å². The molecule has 0 unspecified atom stereocenters. The number of hydrogen-bond acceptors (Lipinski definition) is 2. The Bertz CT molecular complexity index is 4520. The zero-order valence-corrected chi connectivity index (χ0v) is 40.4. The number of furan rings is 1. The third-order valence-electron chi connectivity index (χ3n) is 15.7. The summed E-state index contributed by atoms with van der Waals surface area (Å²) in [7, 11) is 0. The fraction of sp³-hybridized carbons (Fsp3) is 0.0435. The second-order valence-corrected chi connectivity index (χ2v) is 20.1. The van der Waals surface area contributed by atoms with Crippen LogP contribution in [-0.2, 0) is 5.41 Å². The number of anilines is 3. The number of rotatable bonds is 7. The van der Waals surface area contributed by atoms with Gasteiger partial charge in [0.25, 0.3) is 0 Å². The minimum absolute atomic E-state index is 0.0810. The Hall–Kier alpha value is -9.38. The zero-order chi connectivity index (χ0) is 48.4. The van der Waals surface area contributed by atoms with Crippen LogP contribution >= 0.6 is 0 Å². The molecule has 3 aromatic heterocycles.